The summed E-state index contributed by atoms with van der Waals surface area (Å²) in [6.45, 7) is 2.53. The zero-order valence-electron chi connectivity index (χ0n) is 10.2. The van der Waals surface area contributed by atoms with Gasteiger partial charge >= 0.3 is 0 Å². The zero-order chi connectivity index (χ0) is 13.8. The highest BCUT2D eigenvalue weighted by Gasteiger charge is 2.09. The number of pyridine rings is 1. The number of hydrogen-bond donors (Lipinski definition) is 1. The monoisotopic (exact) mass is 298 g/mol. The lowest BCUT2D eigenvalue weighted by atomic mass is 10.3. The Labute approximate surface area is 121 Å². The highest BCUT2D eigenvalue weighted by Crippen LogP contribution is 2.32. The molecule has 0 amide bonds. The first-order valence-electron chi connectivity index (χ1n) is 5.62. The molecule has 0 aliphatic carbocycles. The van der Waals surface area contributed by atoms with Crippen LogP contribution in [0.15, 0.2) is 30.3 Å². The van der Waals surface area contributed by atoms with Gasteiger partial charge in [0.05, 0.1) is 11.6 Å². The van der Waals surface area contributed by atoms with Gasteiger partial charge in [-0.15, -0.1) is 0 Å². The van der Waals surface area contributed by atoms with Crippen LogP contribution in [0.5, 0.6) is 17.4 Å². The Kier molecular flexibility index (Phi) is 4.35. The van der Waals surface area contributed by atoms with Crippen LogP contribution in [0.3, 0.4) is 0 Å². The Morgan fingerprint density at radius 1 is 1.11 bits per heavy atom. The van der Waals surface area contributed by atoms with Crippen molar-refractivity contribution < 1.29 is 9.47 Å². The normalized spacial score (nSPS) is 10.3. The molecule has 0 saturated heterocycles. The van der Waals surface area contributed by atoms with Crippen LogP contribution in [0.1, 0.15) is 6.92 Å². The minimum Gasteiger partial charge on any atom is -0.494 e. The van der Waals surface area contributed by atoms with E-state index in [1.165, 1.54) is 6.07 Å². The standard InChI is InChI=1S/C13H12Cl2N2O2/c1-2-18-8-3-5-9(6-4-8)19-13-11(15)7-10(14)12(16)17-13/h3-7H,2H2,1H3,(H2,16,17). The van der Waals surface area contributed by atoms with Crippen molar-refractivity contribution in [3.8, 4) is 17.4 Å². The molecule has 0 bridgehead atoms. The molecule has 100 valence electrons. The summed E-state index contributed by atoms with van der Waals surface area (Å²) in [7, 11) is 0. The molecule has 0 spiro atoms. The van der Waals surface area contributed by atoms with Gasteiger partial charge in [-0.1, -0.05) is 23.2 Å². The third-order valence-corrected chi connectivity index (χ3v) is 2.85. The molecular weight excluding hydrogens is 287 g/mol. The van der Waals surface area contributed by atoms with Crippen molar-refractivity contribution in [2.45, 2.75) is 6.92 Å². The van der Waals surface area contributed by atoms with Crippen LogP contribution in [0, 0.1) is 0 Å². The van der Waals surface area contributed by atoms with Gasteiger partial charge in [-0.05, 0) is 37.3 Å². The van der Waals surface area contributed by atoms with Gasteiger partial charge in [0.25, 0.3) is 0 Å². The Hall–Kier alpha value is -1.65. The van der Waals surface area contributed by atoms with Crippen molar-refractivity contribution in [3.05, 3.63) is 40.4 Å². The maximum absolute atomic E-state index is 5.98. The molecule has 0 atom stereocenters. The van der Waals surface area contributed by atoms with Gasteiger partial charge in [0.2, 0.25) is 5.88 Å². The van der Waals surface area contributed by atoms with Crippen molar-refractivity contribution in [1.82, 2.24) is 4.98 Å². The number of benzene rings is 1. The molecule has 1 aromatic heterocycles. The van der Waals surface area contributed by atoms with E-state index in [1.54, 1.807) is 24.3 Å². The van der Waals surface area contributed by atoms with E-state index >= 15 is 0 Å². The van der Waals surface area contributed by atoms with Crippen LogP contribution >= 0.6 is 23.2 Å². The molecular formula is C13H12Cl2N2O2. The fraction of sp³-hybridized carbons (Fsp3) is 0.154. The topological polar surface area (TPSA) is 57.4 Å². The Morgan fingerprint density at radius 2 is 1.74 bits per heavy atom. The molecule has 4 nitrogen and oxygen atoms in total. The number of ether oxygens (including phenoxy) is 2. The van der Waals surface area contributed by atoms with E-state index in [-0.39, 0.29) is 11.7 Å². The lowest BCUT2D eigenvalue weighted by Crippen LogP contribution is -1.96. The summed E-state index contributed by atoms with van der Waals surface area (Å²) in [4.78, 5) is 3.99. The SMILES string of the molecule is CCOc1ccc(Oc2nc(N)c(Cl)cc2Cl)cc1. The molecule has 1 aromatic carbocycles. The van der Waals surface area contributed by atoms with Gasteiger partial charge < -0.3 is 15.2 Å². The zero-order valence-corrected chi connectivity index (χ0v) is 11.7. The fourth-order valence-corrected chi connectivity index (χ4v) is 1.81. The second-order valence-corrected chi connectivity index (χ2v) is 4.46. The maximum Gasteiger partial charge on any atom is 0.240 e. The lowest BCUT2D eigenvalue weighted by Gasteiger charge is -2.09. The molecule has 2 aromatic rings. The number of nitrogen functional groups attached to an aromatic ring is 1. The Bertz CT molecular complexity index is 574. The molecule has 0 radical (unpaired) electrons. The van der Waals surface area contributed by atoms with Crippen LogP contribution in [0.2, 0.25) is 10.0 Å². The van der Waals surface area contributed by atoms with Gasteiger partial charge in [0.15, 0.2) is 0 Å². The van der Waals surface area contributed by atoms with Crippen LogP contribution in [0.4, 0.5) is 5.82 Å². The molecule has 0 aliphatic rings. The summed E-state index contributed by atoms with van der Waals surface area (Å²) in [5.74, 6) is 1.74. The highest BCUT2D eigenvalue weighted by atomic mass is 35.5. The molecule has 0 unspecified atom stereocenters. The second kappa shape index (κ2) is 5.99. The van der Waals surface area contributed by atoms with Crippen molar-refractivity contribution in [1.29, 1.82) is 0 Å². The molecule has 0 aliphatic heterocycles. The molecule has 0 saturated carbocycles. The minimum atomic E-state index is 0.173. The van der Waals surface area contributed by atoms with Crippen molar-refractivity contribution in [3.63, 3.8) is 0 Å². The molecule has 0 fully saturated rings. The average molecular weight is 299 g/mol. The quantitative estimate of drug-likeness (QED) is 0.921. The number of rotatable bonds is 4. The van der Waals surface area contributed by atoms with Gasteiger partial charge in [0.1, 0.15) is 22.3 Å². The smallest absolute Gasteiger partial charge is 0.240 e. The molecule has 6 heteroatoms. The number of nitrogens with zero attached hydrogens (tertiary/aromatic N) is 1. The van der Waals surface area contributed by atoms with E-state index in [1.807, 2.05) is 6.92 Å². The van der Waals surface area contributed by atoms with E-state index < -0.39 is 0 Å². The Morgan fingerprint density at radius 3 is 2.37 bits per heavy atom. The predicted molar refractivity (Wildman–Crippen MR) is 76.4 cm³/mol. The molecule has 19 heavy (non-hydrogen) atoms. The highest BCUT2D eigenvalue weighted by molar-refractivity contribution is 6.36. The van der Waals surface area contributed by atoms with Gasteiger partial charge in [-0.25, -0.2) is 0 Å². The number of nitrogens with two attached hydrogens (primary N) is 1. The number of hydrogen-bond acceptors (Lipinski definition) is 4. The van der Waals surface area contributed by atoms with E-state index in [9.17, 15) is 0 Å². The number of anilines is 1. The third-order valence-electron chi connectivity index (χ3n) is 2.27. The molecule has 1 heterocycles. The van der Waals surface area contributed by atoms with Crippen LogP contribution < -0.4 is 15.2 Å². The van der Waals surface area contributed by atoms with E-state index in [2.05, 4.69) is 4.98 Å². The first-order valence-corrected chi connectivity index (χ1v) is 6.38. The average Bonchev–Trinajstić information content (AvgIpc) is 2.38. The summed E-state index contributed by atoms with van der Waals surface area (Å²) >= 11 is 11.8. The van der Waals surface area contributed by atoms with Crippen molar-refractivity contribution in [2.75, 3.05) is 12.3 Å². The second-order valence-electron chi connectivity index (χ2n) is 3.65. The first kappa shape index (κ1) is 13.8. The minimum absolute atomic E-state index is 0.173. The summed E-state index contributed by atoms with van der Waals surface area (Å²) in [6, 6.07) is 8.61. The van der Waals surface area contributed by atoms with Gasteiger partial charge in [0, 0.05) is 0 Å². The first-order chi connectivity index (χ1) is 9.10. The van der Waals surface area contributed by atoms with Crippen LogP contribution in [-0.2, 0) is 0 Å². The third kappa shape index (κ3) is 3.43. The Balaban J connectivity index is 2.19. The van der Waals surface area contributed by atoms with Gasteiger partial charge in [-0.3, -0.25) is 0 Å². The molecule has 2 N–H and O–H groups in total. The van der Waals surface area contributed by atoms with E-state index in [0.29, 0.717) is 22.4 Å². The summed E-state index contributed by atoms with van der Waals surface area (Å²) in [5.41, 5.74) is 5.61. The molecule has 2 rings (SSSR count). The maximum atomic E-state index is 5.98. The summed E-state index contributed by atoms with van der Waals surface area (Å²) in [6.07, 6.45) is 0. The van der Waals surface area contributed by atoms with Gasteiger partial charge in [-0.2, -0.15) is 4.98 Å². The van der Waals surface area contributed by atoms with Crippen LogP contribution in [-0.4, -0.2) is 11.6 Å². The fourth-order valence-electron chi connectivity index (χ4n) is 1.42. The lowest BCUT2D eigenvalue weighted by molar-refractivity contribution is 0.339. The number of aromatic nitrogens is 1. The predicted octanol–water partition coefficient (Wildman–Crippen LogP) is 4.16. The summed E-state index contributed by atoms with van der Waals surface area (Å²) in [5, 5.41) is 0.595. The van der Waals surface area contributed by atoms with E-state index in [0.717, 1.165) is 5.75 Å². The number of halogens is 2. The van der Waals surface area contributed by atoms with Crippen LogP contribution in [0.25, 0.3) is 0 Å². The van der Waals surface area contributed by atoms with Crippen molar-refractivity contribution in [2.24, 2.45) is 0 Å². The van der Waals surface area contributed by atoms with Crippen molar-refractivity contribution >= 4 is 29.0 Å². The van der Waals surface area contributed by atoms with E-state index in [4.69, 9.17) is 38.4 Å². The summed E-state index contributed by atoms with van der Waals surface area (Å²) < 4.78 is 10.9. The largest absolute Gasteiger partial charge is 0.494 e.